The zero-order chi connectivity index (χ0) is 36.3. The van der Waals surface area contributed by atoms with Gasteiger partial charge in [0.1, 0.15) is 23.0 Å². The molecule has 7 rings (SSSR count). The highest BCUT2D eigenvalue weighted by Crippen LogP contribution is 2.58. The Hall–Kier alpha value is -5.12. The van der Waals surface area contributed by atoms with Crippen LogP contribution in [-0.2, 0) is 38.1 Å². The molecule has 0 radical (unpaired) electrons. The molecule has 15 heteroatoms. The maximum absolute atomic E-state index is 13.5. The van der Waals surface area contributed by atoms with Crippen molar-refractivity contribution in [2.24, 2.45) is 0 Å². The van der Waals surface area contributed by atoms with Gasteiger partial charge in [-0.3, -0.25) is 9.69 Å². The van der Waals surface area contributed by atoms with E-state index in [0.29, 0.717) is 46.5 Å². The third kappa shape index (κ3) is 6.04. The molecule has 2 atom stereocenters. The molecule has 3 N–H and O–H groups in total. The number of hydrogen-bond donors (Lipinski definition) is 3. The summed E-state index contributed by atoms with van der Waals surface area (Å²) in [6.07, 6.45) is -4.92. The van der Waals surface area contributed by atoms with Gasteiger partial charge in [-0.15, -0.1) is 0 Å². The number of fused-ring (bicyclic) bond motifs is 6. The molecule has 0 bridgehead atoms. The van der Waals surface area contributed by atoms with Gasteiger partial charge in [-0.25, -0.2) is 13.2 Å². The van der Waals surface area contributed by atoms with Gasteiger partial charge in [-0.1, -0.05) is 30.3 Å². The Bertz CT molecular complexity index is 2150. The second-order valence-corrected chi connectivity index (χ2v) is 14.7. The fourth-order valence-corrected chi connectivity index (χ4v) is 8.35. The molecule has 0 aliphatic carbocycles. The van der Waals surface area contributed by atoms with Crippen LogP contribution in [0.4, 0.5) is 13.2 Å². The molecule has 2 unspecified atom stereocenters. The zero-order valence-electron chi connectivity index (χ0n) is 27.1. The van der Waals surface area contributed by atoms with Gasteiger partial charge in [0, 0.05) is 61.5 Å². The average Bonchev–Trinajstić information content (AvgIpc) is 3.38. The number of benzene rings is 4. The number of esters is 1. The molecule has 1 spiro atoms. The lowest BCUT2D eigenvalue weighted by atomic mass is 9.77. The molecule has 3 heterocycles. The van der Waals surface area contributed by atoms with Crippen molar-refractivity contribution < 1.29 is 50.9 Å². The Morgan fingerprint density at radius 3 is 2.33 bits per heavy atom. The summed E-state index contributed by atoms with van der Waals surface area (Å²) >= 11 is 0. The van der Waals surface area contributed by atoms with Crippen molar-refractivity contribution in [3.8, 4) is 23.0 Å². The second kappa shape index (κ2) is 12.6. The normalized spacial score (nSPS) is 19.4. The molecule has 4 aromatic carbocycles. The number of phenols is 2. The predicted molar refractivity (Wildman–Crippen MR) is 176 cm³/mol. The van der Waals surface area contributed by atoms with Gasteiger partial charge in [0.2, 0.25) is 10.0 Å². The molecule has 11 nitrogen and oxygen atoms in total. The lowest BCUT2D eigenvalue weighted by Gasteiger charge is -2.38. The van der Waals surface area contributed by atoms with Crippen LogP contribution in [0.3, 0.4) is 0 Å². The lowest BCUT2D eigenvalue weighted by molar-refractivity contribution is -0.174. The lowest BCUT2D eigenvalue weighted by Crippen LogP contribution is -2.48. The smallest absolute Gasteiger partial charge is 0.471 e. The number of ether oxygens (including phenoxy) is 2. The minimum absolute atomic E-state index is 0.0217. The van der Waals surface area contributed by atoms with E-state index in [1.165, 1.54) is 53.7 Å². The van der Waals surface area contributed by atoms with Crippen LogP contribution in [0.2, 0.25) is 0 Å². The summed E-state index contributed by atoms with van der Waals surface area (Å²) in [6, 6.07) is 19.7. The molecule has 1 amide bonds. The summed E-state index contributed by atoms with van der Waals surface area (Å²) in [7, 11) is -3.91. The molecule has 0 aromatic heterocycles. The minimum atomic E-state index is -5.00. The molecule has 266 valence electrons. The number of sulfonamides is 1. The quantitative estimate of drug-likeness (QED) is 0.230. The SMILES string of the molecule is CC(Cc1ccc(S(=O)(=O)N2CCN(Cc3c(O)ccc4c3Oc3cc(O)ccc3C43OC(=O)c4ccccc43)CC2)cc1)NC(=O)C(F)(F)F. The highest BCUT2D eigenvalue weighted by atomic mass is 32.2. The predicted octanol–water partition coefficient (Wildman–Crippen LogP) is 4.78. The van der Waals surface area contributed by atoms with Gasteiger partial charge in [-0.05, 0) is 61.4 Å². The van der Waals surface area contributed by atoms with Crippen LogP contribution < -0.4 is 10.1 Å². The van der Waals surface area contributed by atoms with Gasteiger partial charge >= 0.3 is 18.1 Å². The van der Waals surface area contributed by atoms with Gasteiger partial charge < -0.3 is 25.0 Å². The maximum Gasteiger partial charge on any atom is 0.471 e. The number of alkyl halides is 3. The molecule has 51 heavy (non-hydrogen) atoms. The number of nitrogens with zero attached hydrogens (tertiary/aromatic N) is 2. The van der Waals surface area contributed by atoms with Crippen molar-refractivity contribution in [1.82, 2.24) is 14.5 Å². The fraction of sp³-hybridized carbons (Fsp3) is 0.278. The summed E-state index contributed by atoms with van der Waals surface area (Å²) in [6.45, 7) is 2.46. The Balaban J connectivity index is 1.09. The van der Waals surface area contributed by atoms with Crippen LogP contribution in [0.25, 0.3) is 0 Å². The number of carbonyl (C=O) groups excluding carboxylic acids is 2. The Morgan fingerprint density at radius 1 is 0.941 bits per heavy atom. The summed E-state index contributed by atoms with van der Waals surface area (Å²) in [5.41, 5.74) is 1.54. The van der Waals surface area contributed by atoms with Gasteiger partial charge in [0.05, 0.1) is 16.0 Å². The van der Waals surface area contributed by atoms with Gasteiger partial charge in [0.25, 0.3) is 0 Å². The Morgan fingerprint density at radius 2 is 1.63 bits per heavy atom. The minimum Gasteiger partial charge on any atom is -0.508 e. The monoisotopic (exact) mass is 723 g/mol. The first-order valence-corrected chi connectivity index (χ1v) is 17.5. The number of nitrogens with one attached hydrogen (secondary N) is 1. The number of phenolic OH excluding ortho intramolecular Hbond substituents is 2. The van der Waals surface area contributed by atoms with E-state index in [-0.39, 0.29) is 53.9 Å². The molecule has 1 fully saturated rings. The Labute approximate surface area is 290 Å². The first kappa shape index (κ1) is 34.3. The van der Waals surface area contributed by atoms with Gasteiger partial charge in [-0.2, -0.15) is 17.5 Å². The van der Waals surface area contributed by atoms with E-state index in [9.17, 15) is 41.4 Å². The molecular formula is C36H32F3N3O8S. The van der Waals surface area contributed by atoms with E-state index in [1.54, 1.807) is 36.4 Å². The number of aromatic hydroxyl groups is 2. The number of piperazine rings is 1. The van der Waals surface area contributed by atoms with E-state index in [1.807, 2.05) is 10.2 Å². The van der Waals surface area contributed by atoms with Crippen molar-refractivity contribution in [1.29, 1.82) is 0 Å². The average molecular weight is 724 g/mol. The zero-order valence-corrected chi connectivity index (χ0v) is 27.9. The van der Waals surface area contributed by atoms with Gasteiger partial charge in [0.15, 0.2) is 5.60 Å². The molecular weight excluding hydrogens is 691 g/mol. The summed E-state index contributed by atoms with van der Waals surface area (Å²) in [5.74, 6) is -2.19. The van der Waals surface area contributed by atoms with E-state index >= 15 is 0 Å². The molecule has 3 aliphatic heterocycles. The number of halogens is 3. The van der Waals surface area contributed by atoms with E-state index in [4.69, 9.17) is 9.47 Å². The van der Waals surface area contributed by atoms with Crippen LogP contribution in [0, 0.1) is 0 Å². The highest BCUT2D eigenvalue weighted by molar-refractivity contribution is 7.89. The van der Waals surface area contributed by atoms with Crippen molar-refractivity contribution in [2.45, 2.75) is 42.6 Å². The first-order valence-electron chi connectivity index (χ1n) is 16.1. The number of amides is 1. The molecule has 4 aromatic rings. The van der Waals surface area contributed by atoms with Crippen LogP contribution in [0.5, 0.6) is 23.0 Å². The second-order valence-electron chi connectivity index (χ2n) is 12.7. The summed E-state index contributed by atoms with van der Waals surface area (Å²) in [5, 5.41) is 23.3. The third-order valence-electron chi connectivity index (χ3n) is 9.39. The van der Waals surface area contributed by atoms with E-state index in [0.717, 1.165) is 0 Å². The molecule has 3 aliphatic rings. The van der Waals surface area contributed by atoms with Crippen molar-refractivity contribution in [3.63, 3.8) is 0 Å². The topological polar surface area (TPSA) is 146 Å². The van der Waals surface area contributed by atoms with E-state index in [2.05, 4.69) is 0 Å². The van der Waals surface area contributed by atoms with Crippen LogP contribution in [-0.4, -0.2) is 78.1 Å². The number of rotatable bonds is 7. The molecule has 0 saturated carbocycles. The maximum atomic E-state index is 13.5. The Kier molecular flexibility index (Phi) is 8.47. The largest absolute Gasteiger partial charge is 0.508 e. The van der Waals surface area contributed by atoms with Crippen LogP contribution in [0.1, 0.15) is 45.1 Å². The van der Waals surface area contributed by atoms with E-state index < -0.39 is 39.7 Å². The van der Waals surface area contributed by atoms with Crippen molar-refractivity contribution in [3.05, 3.63) is 112 Å². The van der Waals surface area contributed by atoms with Crippen molar-refractivity contribution >= 4 is 21.9 Å². The highest BCUT2D eigenvalue weighted by Gasteiger charge is 2.54. The number of hydrogen-bond acceptors (Lipinski definition) is 9. The number of carbonyl (C=O) groups is 2. The standard InChI is InChI=1S/C36H32F3N3O8S/c1-21(40-34(46)36(37,38)39)18-22-6-9-24(10-7-22)51(47,48)42-16-14-41(15-17-42)20-26-30(44)13-12-29-32(26)49-31-19-23(43)8-11-28(31)35(29)27-5-3-2-4-25(27)33(45)50-35/h2-13,19,21,43-44H,14-18,20H2,1H3,(H,40,46). The molecule has 1 saturated heterocycles. The van der Waals surface area contributed by atoms with Crippen LogP contribution in [0.15, 0.2) is 83.8 Å². The van der Waals surface area contributed by atoms with Crippen LogP contribution >= 0.6 is 0 Å². The first-order chi connectivity index (χ1) is 24.2. The summed E-state index contributed by atoms with van der Waals surface area (Å²) in [4.78, 5) is 26.4. The third-order valence-corrected chi connectivity index (χ3v) is 11.3. The fourth-order valence-electron chi connectivity index (χ4n) is 6.93. The summed E-state index contributed by atoms with van der Waals surface area (Å²) < 4.78 is 78.6. The van der Waals surface area contributed by atoms with Crippen molar-refractivity contribution in [2.75, 3.05) is 26.2 Å².